The highest BCUT2D eigenvalue weighted by Crippen LogP contribution is 2.32. The maximum Gasteiger partial charge on any atom is 0.255 e. The monoisotopic (exact) mass is 409 g/mol. The Bertz CT molecular complexity index is 789. The van der Waals surface area contributed by atoms with Crippen LogP contribution in [0.25, 0.3) is 0 Å². The molecular weight excluding hydrogens is 383 g/mol. The fraction of sp³-hybridized carbons (Fsp3) is 0.318. The number of carbonyl (C=O) groups is 1. The van der Waals surface area contributed by atoms with Crippen molar-refractivity contribution >= 4 is 23.4 Å². The van der Waals surface area contributed by atoms with Gasteiger partial charge in [0.05, 0.1) is 0 Å². The van der Waals surface area contributed by atoms with Gasteiger partial charge >= 0.3 is 0 Å². The van der Waals surface area contributed by atoms with Crippen LogP contribution < -0.4 is 5.32 Å². The van der Waals surface area contributed by atoms with E-state index in [1.165, 1.54) is 0 Å². The summed E-state index contributed by atoms with van der Waals surface area (Å²) in [5, 5.41) is 2.73. The van der Waals surface area contributed by atoms with Crippen LogP contribution in [-0.4, -0.2) is 11.2 Å². The third-order valence-corrected chi connectivity index (χ3v) is 5.49. The molecule has 1 rings (SSSR count). The molecule has 1 N–H and O–H groups in total. The first kappa shape index (κ1) is 23.8. The molecule has 0 saturated carbocycles. The molecule has 0 radical (unpaired) electrons. The van der Waals surface area contributed by atoms with Gasteiger partial charge in [-0.3, -0.25) is 4.79 Å². The highest BCUT2D eigenvalue weighted by Gasteiger charge is 2.15. The summed E-state index contributed by atoms with van der Waals surface area (Å²) in [6.07, 6.45) is 9.25. The number of hydrogen-bond acceptors (Lipinski definition) is 2. The van der Waals surface area contributed by atoms with Gasteiger partial charge in [0, 0.05) is 33.5 Å². The fourth-order valence-corrected chi connectivity index (χ4v) is 3.40. The number of hydrogen-bond donors (Lipinski definition) is 1. The summed E-state index contributed by atoms with van der Waals surface area (Å²) in [6.45, 7) is 11.6. The van der Waals surface area contributed by atoms with Crippen LogP contribution in [0.5, 0.6) is 0 Å². The average molecular weight is 410 g/mol. The Balaban J connectivity index is 3.05. The minimum atomic E-state index is -1.57. The summed E-state index contributed by atoms with van der Waals surface area (Å²) in [4.78, 5) is 13.4. The van der Waals surface area contributed by atoms with Crippen LogP contribution in [0, 0.1) is 17.5 Å². The number of anilines is 1. The lowest BCUT2D eigenvalue weighted by atomic mass is 10.1. The van der Waals surface area contributed by atoms with E-state index in [9.17, 15) is 18.0 Å². The van der Waals surface area contributed by atoms with Crippen molar-refractivity contribution in [1.29, 1.82) is 0 Å². The molecule has 1 aromatic rings. The Morgan fingerprint density at radius 2 is 1.86 bits per heavy atom. The van der Waals surface area contributed by atoms with E-state index in [1.54, 1.807) is 30.8 Å². The number of amides is 1. The molecule has 1 aromatic carbocycles. The summed E-state index contributed by atoms with van der Waals surface area (Å²) in [5.41, 5.74) is 0.977. The van der Waals surface area contributed by atoms with Crippen molar-refractivity contribution in [1.82, 2.24) is 0 Å². The molecule has 0 aliphatic carbocycles. The van der Waals surface area contributed by atoms with Crippen molar-refractivity contribution in [3.05, 3.63) is 76.5 Å². The molecule has 2 nitrogen and oxygen atoms in total. The molecule has 152 valence electrons. The van der Waals surface area contributed by atoms with Gasteiger partial charge in [-0.15, -0.1) is 11.8 Å². The number of thioether (sulfide) groups is 1. The average Bonchev–Trinajstić information content (AvgIpc) is 2.65. The van der Waals surface area contributed by atoms with E-state index in [0.29, 0.717) is 10.8 Å². The Hall–Kier alpha value is -2.21. The van der Waals surface area contributed by atoms with Crippen LogP contribution in [0.4, 0.5) is 18.9 Å². The van der Waals surface area contributed by atoms with Crippen molar-refractivity contribution in [3.63, 3.8) is 0 Å². The molecule has 0 spiro atoms. The first-order chi connectivity index (χ1) is 13.2. The molecule has 0 aliphatic heterocycles. The minimum absolute atomic E-state index is 0.154. The molecule has 1 amide bonds. The van der Waals surface area contributed by atoms with Gasteiger partial charge in [-0.05, 0) is 45.3 Å². The Labute approximate surface area is 169 Å². The summed E-state index contributed by atoms with van der Waals surface area (Å²) < 4.78 is 39.8. The second-order valence-corrected chi connectivity index (χ2v) is 7.54. The van der Waals surface area contributed by atoms with Gasteiger partial charge in [-0.1, -0.05) is 31.7 Å². The quantitative estimate of drug-likeness (QED) is 0.207. The van der Waals surface area contributed by atoms with Gasteiger partial charge in [0.1, 0.15) is 0 Å². The van der Waals surface area contributed by atoms with Gasteiger partial charge < -0.3 is 5.32 Å². The number of nitrogens with one attached hydrogen (secondary N) is 1. The Morgan fingerprint density at radius 1 is 1.25 bits per heavy atom. The summed E-state index contributed by atoms with van der Waals surface area (Å²) in [5.74, 6) is -4.84. The van der Waals surface area contributed by atoms with Gasteiger partial charge in [-0.2, -0.15) is 0 Å². The van der Waals surface area contributed by atoms with Crippen molar-refractivity contribution in [2.75, 3.05) is 5.32 Å². The highest BCUT2D eigenvalue weighted by atomic mass is 32.2. The topological polar surface area (TPSA) is 29.1 Å². The normalized spacial score (nSPS) is 13.7. The first-order valence-corrected chi connectivity index (χ1v) is 9.88. The van der Waals surface area contributed by atoms with Crippen molar-refractivity contribution in [2.45, 2.75) is 45.8 Å². The highest BCUT2D eigenvalue weighted by molar-refractivity contribution is 8.03. The lowest BCUT2D eigenvalue weighted by Crippen LogP contribution is -2.14. The zero-order chi connectivity index (χ0) is 21.3. The molecule has 0 aromatic heterocycles. The number of halogens is 3. The van der Waals surface area contributed by atoms with E-state index in [2.05, 4.69) is 24.9 Å². The lowest BCUT2D eigenvalue weighted by Gasteiger charge is -2.16. The maximum absolute atomic E-state index is 13.4. The van der Waals surface area contributed by atoms with Gasteiger partial charge in [0.15, 0.2) is 17.5 Å². The number of rotatable bonds is 9. The van der Waals surface area contributed by atoms with E-state index in [4.69, 9.17) is 0 Å². The standard InChI is InChI=1S/C22H26F3NOS/c1-6-9-10-17(8-3)28-20(14(4)5)11-15(7-2)22(27)26-16-12-18(23)21(25)19(24)13-16/h6-7,9,11-13,17H,4,8,10H2,1-3,5H3,(H,26,27)/b9-6-,15-7?,20-11+. The van der Waals surface area contributed by atoms with Gasteiger partial charge in [-0.25, -0.2) is 13.2 Å². The molecular formula is C22H26F3NOS. The number of allylic oxidation sites excluding steroid dienone is 4. The molecule has 0 fully saturated rings. The number of carbonyl (C=O) groups excluding carboxylic acids is 1. The van der Waals surface area contributed by atoms with Crippen LogP contribution in [0.1, 0.15) is 40.5 Å². The molecule has 1 unspecified atom stereocenters. The smallest absolute Gasteiger partial charge is 0.255 e. The van der Waals surface area contributed by atoms with Crippen LogP contribution in [0.3, 0.4) is 0 Å². The zero-order valence-corrected chi connectivity index (χ0v) is 17.4. The van der Waals surface area contributed by atoms with E-state index in [-0.39, 0.29) is 5.69 Å². The van der Waals surface area contributed by atoms with Crippen molar-refractivity contribution in [3.8, 4) is 0 Å². The molecule has 6 heteroatoms. The van der Waals surface area contributed by atoms with E-state index < -0.39 is 23.4 Å². The summed E-state index contributed by atoms with van der Waals surface area (Å²) >= 11 is 1.63. The first-order valence-electron chi connectivity index (χ1n) is 9.01. The molecule has 0 heterocycles. The molecule has 0 bridgehead atoms. The fourth-order valence-electron chi connectivity index (χ4n) is 2.28. The van der Waals surface area contributed by atoms with E-state index in [1.807, 2.05) is 19.9 Å². The van der Waals surface area contributed by atoms with Crippen molar-refractivity contribution in [2.24, 2.45) is 0 Å². The van der Waals surface area contributed by atoms with Crippen LogP contribution in [-0.2, 0) is 4.79 Å². The van der Waals surface area contributed by atoms with Gasteiger partial charge in [0.2, 0.25) is 0 Å². The van der Waals surface area contributed by atoms with Crippen LogP contribution in [0.2, 0.25) is 0 Å². The number of benzene rings is 1. The zero-order valence-electron chi connectivity index (χ0n) is 16.6. The second kappa shape index (κ2) is 11.6. The van der Waals surface area contributed by atoms with E-state index in [0.717, 1.165) is 35.5 Å². The van der Waals surface area contributed by atoms with Crippen LogP contribution in [0.15, 0.2) is 59.1 Å². The van der Waals surface area contributed by atoms with Crippen molar-refractivity contribution < 1.29 is 18.0 Å². The Morgan fingerprint density at radius 3 is 2.32 bits per heavy atom. The Kier molecular flexibility index (Phi) is 9.87. The molecule has 1 atom stereocenters. The van der Waals surface area contributed by atoms with E-state index >= 15 is 0 Å². The predicted molar refractivity (Wildman–Crippen MR) is 113 cm³/mol. The predicted octanol–water partition coefficient (Wildman–Crippen LogP) is 6.93. The summed E-state index contributed by atoms with van der Waals surface area (Å²) in [6, 6.07) is 1.48. The third kappa shape index (κ3) is 7.08. The molecule has 28 heavy (non-hydrogen) atoms. The summed E-state index contributed by atoms with van der Waals surface area (Å²) in [7, 11) is 0. The molecule has 0 aliphatic rings. The maximum atomic E-state index is 13.4. The SMILES string of the molecule is C=C(C)/C(=C\C(=CC)C(=O)Nc1cc(F)c(F)c(F)c1)SC(CC)C/C=C\C. The minimum Gasteiger partial charge on any atom is -0.322 e. The lowest BCUT2D eigenvalue weighted by molar-refractivity contribution is -0.112. The third-order valence-electron chi connectivity index (χ3n) is 3.91. The van der Waals surface area contributed by atoms with Crippen LogP contribution >= 0.6 is 11.8 Å². The molecule has 0 saturated heterocycles. The van der Waals surface area contributed by atoms with Gasteiger partial charge in [0.25, 0.3) is 5.91 Å². The largest absolute Gasteiger partial charge is 0.322 e. The second-order valence-electron chi connectivity index (χ2n) is 6.19.